The van der Waals surface area contributed by atoms with E-state index in [2.05, 4.69) is 56.0 Å². The van der Waals surface area contributed by atoms with Gasteiger partial charge in [-0.3, -0.25) is 24.2 Å². The van der Waals surface area contributed by atoms with Crippen LogP contribution in [-0.4, -0.2) is 142 Å². The standard InChI is InChI=1S/C55H66ClF3N8O9S2/c1-54(2)20-18-40(46(35-54)38-10-12-41(56)13-11-38)37-65-26-28-66(29-27-65)42-14-16-45(48(33-42)76-43-32-39-19-22-61-52(39)62-36-43)53(71)63-78(74,75)44-15-17-47(49(34-44)77(72,73)55(57,58)59)60-21-7-23-64-24-30-67(31-25-64)50(68)8-5-3-4-6-9-51(69)70/h10-17,19,22,32-34,36,60H,3-9,18,20-21,23-31,35,37H2,1-2H3,(H,61,62)(H,63,71)(H,69,70). The molecule has 4 N–H and O–H groups in total. The average molecular weight is 1140 g/mol. The first-order valence-electron chi connectivity index (χ1n) is 26.2. The monoisotopic (exact) mass is 1140 g/mol. The number of pyridine rings is 1. The second-order valence-electron chi connectivity index (χ2n) is 20.9. The van der Waals surface area contributed by atoms with Gasteiger partial charge in [-0.1, -0.05) is 56.0 Å². The Morgan fingerprint density at radius 3 is 2.24 bits per heavy atom. The number of allylic oxidation sites excluding steroid dienone is 1. The Labute approximate surface area is 458 Å². The summed E-state index contributed by atoms with van der Waals surface area (Å²) < 4.78 is 105. The Kier molecular flexibility index (Phi) is 18.5. The minimum Gasteiger partial charge on any atom is -0.481 e. The molecular weight excluding hydrogens is 1070 g/mol. The predicted molar refractivity (Wildman–Crippen MR) is 293 cm³/mol. The summed E-state index contributed by atoms with van der Waals surface area (Å²) >= 11 is 6.24. The quantitative estimate of drug-likeness (QED) is 0.0475. The number of sulfonamides is 1. The molecule has 23 heteroatoms. The molecule has 1 aliphatic carbocycles. The molecule has 2 fully saturated rings. The van der Waals surface area contributed by atoms with Crippen molar-refractivity contribution >= 4 is 77.2 Å². The number of fused-ring (bicyclic) bond motifs is 1. The van der Waals surface area contributed by atoms with E-state index in [0.29, 0.717) is 99.3 Å². The first-order valence-corrected chi connectivity index (χ1v) is 29.6. The highest BCUT2D eigenvalue weighted by Crippen LogP contribution is 2.44. The van der Waals surface area contributed by atoms with Gasteiger partial charge < -0.3 is 29.9 Å². The fourth-order valence-electron chi connectivity index (χ4n) is 10.2. The third kappa shape index (κ3) is 14.7. The van der Waals surface area contributed by atoms with Gasteiger partial charge in [0.25, 0.3) is 25.8 Å². The van der Waals surface area contributed by atoms with Crippen LogP contribution >= 0.6 is 11.6 Å². The molecule has 17 nitrogen and oxygen atoms in total. The van der Waals surface area contributed by atoms with Gasteiger partial charge in [0, 0.05) is 107 Å². The Morgan fingerprint density at radius 1 is 0.833 bits per heavy atom. The van der Waals surface area contributed by atoms with Crippen molar-refractivity contribution in [3.05, 3.63) is 107 Å². The number of halogens is 4. The highest BCUT2D eigenvalue weighted by molar-refractivity contribution is 7.92. The van der Waals surface area contributed by atoms with Crippen molar-refractivity contribution in [2.24, 2.45) is 5.41 Å². The highest BCUT2D eigenvalue weighted by Gasteiger charge is 2.48. The van der Waals surface area contributed by atoms with Crippen molar-refractivity contribution in [1.29, 1.82) is 0 Å². The normalized spacial score (nSPS) is 16.8. The molecule has 0 saturated carbocycles. The van der Waals surface area contributed by atoms with Crippen LogP contribution in [0.15, 0.2) is 101 Å². The maximum Gasteiger partial charge on any atom is 0.501 e. The lowest BCUT2D eigenvalue weighted by Crippen LogP contribution is -2.48. The van der Waals surface area contributed by atoms with E-state index >= 15 is 0 Å². The van der Waals surface area contributed by atoms with E-state index < -0.39 is 52.7 Å². The average Bonchev–Trinajstić information content (AvgIpc) is 3.94. The number of aromatic amines is 1. The van der Waals surface area contributed by atoms with E-state index in [4.69, 9.17) is 21.4 Å². The largest absolute Gasteiger partial charge is 0.501 e. The Morgan fingerprint density at radius 2 is 1.54 bits per heavy atom. The lowest BCUT2D eigenvalue weighted by atomic mass is 9.72. The molecule has 5 aromatic rings. The number of carbonyl (C=O) groups is 3. The summed E-state index contributed by atoms with van der Waals surface area (Å²) in [4.78, 5) is 51.1. The van der Waals surface area contributed by atoms with E-state index in [1.165, 1.54) is 29.0 Å². The highest BCUT2D eigenvalue weighted by atomic mass is 35.5. The van der Waals surface area contributed by atoms with Crippen LogP contribution in [0.4, 0.5) is 24.5 Å². The number of rotatable bonds is 22. The number of carboxylic acid groups (broad SMARTS) is 1. The number of benzene rings is 3. The molecule has 0 radical (unpaired) electrons. The number of anilines is 2. The number of nitrogens with one attached hydrogen (secondary N) is 3. The summed E-state index contributed by atoms with van der Waals surface area (Å²) in [6.45, 7) is 10.7. The molecule has 0 atom stereocenters. The molecule has 78 heavy (non-hydrogen) atoms. The Hall–Kier alpha value is -6.20. The number of amides is 2. The van der Waals surface area contributed by atoms with Crippen LogP contribution in [0.1, 0.15) is 94.0 Å². The number of aromatic nitrogens is 2. The van der Waals surface area contributed by atoms with Crippen LogP contribution in [0.2, 0.25) is 5.02 Å². The van der Waals surface area contributed by atoms with Gasteiger partial charge in [0.05, 0.1) is 22.3 Å². The summed E-state index contributed by atoms with van der Waals surface area (Å²) in [5.74, 6) is -1.81. The molecule has 3 aliphatic rings. The predicted octanol–water partition coefficient (Wildman–Crippen LogP) is 9.58. The molecule has 2 amide bonds. The maximum absolute atomic E-state index is 14.2. The van der Waals surface area contributed by atoms with E-state index in [9.17, 15) is 44.4 Å². The maximum atomic E-state index is 14.2. The number of nitrogens with zero attached hydrogens (tertiary/aromatic N) is 5. The second kappa shape index (κ2) is 24.9. The molecule has 2 aliphatic heterocycles. The first kappa shape index (κ1) is 58.0. The minimum atomic E-state index is -6.11. The van der Waals surface area contributed by atoms with Gasteiger partial charge in [0.15, 0.2) is 0 Å². The topological polar surface area (TPSA) is 215 Å². The molecule has 4 heterocycles. The fraction of sp³-hybridized carbons (Fsp3) is 0.455. The summed E-state index contributed by atoms with van der Waals surface area (Å²) in [6.07, 6.45) is 9.73. The van der Waals surface area contributed by atoms with Gasteiger partial charge >= 0.3 is 11.5 Å². The number of unbranched alkanes of at least 4 members (excludes halogenated alkanes) is 3. The first-order chi connectivity index (χ1) is 37.0. The van der Waals surface area contributed by atoms with E-state index in [1.54, 1.807) is 35.4 Å². The molecule has 0 spiro atoms. The van der Waals surface area contributed by atoms with Crippen molar-refractivity contribution < 1.29 is 54.2 Å². The summed E-state index contributed by atoms with van der Waals surface area (Å²) in [5.41, 5.74) is -1.12. The molecular formula is C55H66ClF3N8O9S2. The van der Waals surface area contributed by atoms with Crippen LogP contribution in [0.3, 0.4) is 0 Å². The number of sulfone groups is 1. The number of ether oxygens (including phenoxy) is 1. The molecule has 420 valence electrons. The molecule has 0 bridgehead atoms. The van der Waals surface area contributed by atoms with Gasteiger partial charge in [-0.2, -0.15) is 13.2 Å². The molecule has 8 rings (SSSR count). The minimum absolute atomic E-state index is 0.0172. The lowest BCUT2D eigenvalue weighted by Gasteiger charge is -2.39. The van der Waals surface area contributed by atoms with Crippen LogP contribution in [0.5, 0.6) is 11.5 Å². The van der Waals surface area contributed by atoms with Crippen LogP contribution < -0.4 is 19.7 Å². The van der Waals surface area contributed by atoms with E-state index in [0.717, 1.165) is 63.9 Å². The van der Waals surface area contributed by atoms with Gasteiger partial charge in [-0.25, -0.2) is 26.5 Å². The number of piperazine rings is 2. The summed E-state index contributed by atoms with van der Waals surface area (Å²) in [5, 5.41) is 12.9. The fourth-order valence-corrected chi connectivity index (χ4v) is 12.3. The number of alkyl halides is 3. The zero-order chi connectivity index (χ0) is 55.8. The van der Waals surface area contributed by atoms with Crippen molar-refractivity contribution in [3.63, 3.8) is 0 Å². The SMILES string of the molecule is CC1(C)CCC(CN2CCN(c3ccc(C(=O)NS(=O)(=O)c4ccc(NCCCN5CCN(C(=O)CCCCCCC(=O)O)CC5)c(S(=O)(=O)C(F)(F)F)c4)c(Oc4cnc5[nH]ccc5c4)c3)CC2)=C(c2ccc(Cl)cc2)C1. The Balaban J connectivity index is 0.931. The molecule has 0 unspecified atom stereocenters. The van der Waals surface area contributed by atoms with Crippen molar-refractivity contribution in [1.82, 2.24) is 29.4 Å². The summed E-state index contributed by atoms with van der Waals surface area (Å²) in [6, 6.07) is 18.4. The zero-order valence-electron chi connectivity index (χ0n) is 43.7. The number of carboxylic acids is 1. The van der Waals surface area contributed by atoms with E-state index in [1.807, 2.05) is 16.9 Å². The summed E-state index contributed by atoms with van der Waals surface area (Å²) in [7, 11) is -11.1. The number of aliphatic carboxylic acids is 1. The van der Waals surface area contributed by atoms with Crippen LogP contribution in [-0.2, 0) is 29.4 Å². The van der Waals surface area contributed by atoms with Gasteiger partial charge in [-0.15, -0.1) is 0 Å². The van der Waals surface area contributed by atoms with Crippen LogP contribution in [0.25, 0.3) is 16.6 Å². The number of hydrogen-bond acceptors (Lipinski definition) is 13. The molecule has 3 aromatic carbocycles. The third-order valence-corrected chi connectivity index (χ3v) is 17.8. The smallest absolute Gasteiger partial charge is 0.481 e. The van der Waals surface area contributed by atoms with Gasteiger partial charge in [-0.05, 0) is 116 Å². The van der Waals surface area contributed by atoms with Crippen molar-refractivity contribution in [2.75, 3.05) is 82.2 Å². The van der Waals surface area contributed by atoms with Crippen LogP contribution in [0, 0.1) is 5.41 Å². The Bertz CT molecular complexity index is 3230. The molecule has 2 saturated heterocycles. The van der Waals surface area contributed by atoms with Gasteiger partial charge in [0.1, 0.15) is 22.0 Å². The van der Waals surface area contributed by atoms with Crippen molar-refractivity contribution in [3.8, 4) is 11.5 Å². The van der Waals surface area contributed by atoms with E-state index in [-0.39, 0.29) is 41.4 Å². The number of hydrogen-bond donors (Lipinski definition) is 4. The zero-order valence-corrected chi connectivity index (χ0v) is 46.1. The van der Waals surface area contributed by atoms with Gasteiger partial charge in [0.2, 0.25) is 5.91 Å². The lowest BCUT2D eigenvalue weighted by molar-refractivity contribution is -0.137. The van der Waals surface area contributed by atoms with Crippen molar-refractivity contribution in [2.45, 2.75) is 93.4 Å². The second-order valence-corrected chi connectivity index (χ2v) is 24.9. The number of H-pyrrole nitrogens is 1. The molecule has 2 aromatic heterocycles. The third-order valence-electron chi connectivity index (χ3n) is 14.7. The number of carbonyl (C=O) groups excluding carboxylic acids is 2.